The molecule has 0 spiro atoms. The van der Waals surface area contributed by atoms with Crippen molar-refractivity contribution in [1.29, 1.82) is 0 Å². The van der Waals surface area contributed by atoms with E-state index in [1.54, 1.807) is 6.92 Å². The van der Waals surface area contributed by atoms with Crippen LogP contribution < -0.4 is 0 Å². The molecular weight excluding hydrogens is 319 g/mol. The Balaban J connectivity index is 2.48. The van der Waals surface area contributed by atoms with Crippen LogP contribution in [0.4, 0.5) is 10.1 Å². The number of methoxy groups -OCH3 is 1. The quantitative estimate of drug-likeness (QED) is 0.482. The van der Waals surface area contributed by atoms with Crippen LogP contribution in [0.1, 0.15) is 19.4 Å². The van der Waals surface area contributed by atoms with Crippen molar-refractivity contribution in [1.82, 2.24) is 0 Å². The number of carbonyl (C=O) groups excluding carboxylic acids is 1. The minimum absolute atomic E-state index is 0.0635. The van der Waals surface area contributed by atoms with Gasteiger partial charge in [-0.3, -0.25) is 10.1 Å². The van der Waals surface area contributed by atoms with E-state index in [1.807, 2.05) is 0 Å². The second kappa shape index (κ2) is 5.53. The van der Waals surface area contributed by atoms with E-state index in [0.717, 1.165) is 12.1 Å². The summed E-state index contributed by atoms with van der Waals surface area (Å²) < 4.78 is 18.2. The predicted molar refractivity (Wildman–Crippen MR) is 75.3 cm³/mol. The predicted octanol–water partition coefficient (Wildman–Crippen LogP) is 2.69. The Labute approximate surface area is 129 Å². The zero-order valence-electron chi connectivity index (χ0n) is 11.9. The fourth-order valence-electron chi connectivity index (χ4n) is 2.14. The van der Waals surface area contributed by atoms with Crippen LogP contribution in [-0.2, 0) is 14.4 Å². The summed E-state index contributed by atoms with van der Waals surface area (Å²) in [5, 5.41) is 14.6. The highest BCUT2D eigenvalue weighted by Crippen LogP contribution is 2.37. The molecule has 0 saturated heterocycles. The summed E-state index contributed by atoms with van der Waals surface area (Å²) >= 11 is 5.94. The van der Waals surface area contributed by atoms with Crippen LogP contribution in [0.5, 0.6) is 0 Å². The number of oxime groups is 1. The molecule has 1 aromatic carbocycles. The average Bonchev–Trinajstić information content (AvgIpc) is 2.75. The van der Waals surface area contributed by atoms with Gasteiger partial charge in [0.2, 0.25) is 11.4 Å². The van der Waals surface area contributed by atoms with Crippen LogP contribution in [0.3, 0.4) is 0 Å². The van der Waals surface area contributed by atoms with E-state index in [4.69, 9.17) is 16.4 Å². The molecule has 118 valence electrons. The van der Waals surface area contributed by atoms with Gasteiger partial charge in [-0.1, -0.05) is 23.7 Å². The van der Waals surface area contributed by atoms with Gasteiger partial charge >= 0.3 is 11.7 Å². The smallest absolute Gasteiger partial charge is 0.353 e. The molecule has 0 bridgehead atoms. The lowest BCUT2D eigenvalue weighted by molar-refractivity contribution is -0.387. The minimum Gasteiger partial charge on any atom is -0.466 e. The van der Waals surface area contributed by atoms with Gasteiger partial charge in [0.05, 0.1) is 28.7 Å². The zero-order valence-corrected chi connectivity index (χ0v) is 12.7. The van der Waals surface area contributed by atoms with Crippen LogP contribution in [0.25, 0.3) is 0 Å². The Hall–Kier alpha value is -2.22. The molecule has 0 fully saturated rings. The molecule has 1 aliphatic heterocycles. The monoisotopic (exact) mass is 330 g/mol. The van der Waals surface area contributed by atoms with Gasteiger partial charge in [-0.2, -0.15) is 4.39 Å². The number of halogens is 2. The first kappa shape index (κ1) is 16.2. The number of nitrogens with zero attached hydrogens (tertiary/aromatic N) is 2. The Morgan fingerprint density at radius 1 is 1.59 bits per heavy atom. The first-order valence-electron chi connectivity index (χ1n) is 6.20. The van der Waals surface area contributed by atoms with Crippen molar-refractivity contribution in [3.63, 3.8) is 0 Å². The number of nitro groups is 1. The number of ether oxygens (including phenoxy) is 1. The molecule has 0 saturated carbocycles. The van der Waals surface area contributed by atoms with E-state index >= 15 is 0 Å². The maximum Gasteiger partial charge on any atom is 0.353 e. The summed E-state index contributed by atoms with van der Waals surface area (Å²) in [5.41, 5.74) is -1.77. The van der Waals surface area contributed by atoms with Gasteiger partial charge in [-0.25, -0.2) is 4.79 Å². The van der Waals surface area contributed by atoms with E-state index in [2.05, 4.69) is 9.89 Å². The summed E-state index contributed by atoms with van der Waals surface area (Å²) in [7, 11) is 1.21. The highest BCUT2D eigenvalue weighted by atomic mass is 35.5. The van der Waals surface area contributed by atoms with Crippen LogP contribution in [0, 0.1) is 21.8 Å². The molecule has 0 amide bonds. The zero-order chi connectivity index (χ0) is 16.7. The molecule has 1 aliphatic rings. The standard InChI is InChI=1S/C13H12ClFN2O5/c1-6-11(16-22-13(6,2)12(18)21-3)7-4-10(17(19)20)9(15)5-8(7)14/h4-6H,1-3H3. The molecule has 7 nitrogen and oxygen atoms in total. The van der Waals surface area contributed by atoms with E-state index in [9.17, 15) is 19.3 Å². The fourth-order valence-corrected chi connectivity index (χ4v) is 2.38. The van der Waals surface area contributed by atoms with Crippen LogP contribution in [-0.4, -0.2) is 29.3 Å². The summed E-state index contributed by atoms with van der Waals surface area (Å²) in [6.45, 7) is 3.11. The fraction of sp³-hybridized carbons (Fsp3) is 0.385. The molecule has 9 heteroatoms. The number of benzene rings is 1. The lowest BCUT2D eigenvalue weighted by atomic mass is 9.84. The first-order chi connectivity index (χ1) is 10.2. The van der Waals surface area contributed by atoms with Gasteiger partial charge in [0.15, 0.2) is 0 Å². The Kier molecular flexibility index (Phi) is 4.06. The van der Waals surface area contributed by atoms with Crippen molar-refractivity contribution in [2.45, 2.75) is 19.4 Å². The van der Waals surface area contributed by atoms with Gasteiger partial charge in [-0.05, 0) is 6.92 Å². The van der Waals surface area contributed by atoms with Crippen LogP contribution in [0.2, 0.25) is 5.02 Å². The molecule has 22 heavy (non-hydrogen) atoms. The second-order valence-corrected chi connectivity index (χ2v) is 5.34. The Morgan fingerprint density at radius 3 is 2.77 bits per heavy atom. The third kappa shape index (κ3) is 2.39. The first-order valence-corrected chi connectivity index (χ1v) is 6.58. The number of carbonyl (C=O) groups is 1. The molecule has 0 N–H and O–H groups in total. The maximum absolute atomic E-state index is 13.5. The highest BCUT2D eigenvalue weighted by molar-refractivity contribution is 6.34. The minimum atomic E-state index is -1.38. The van der Waals surface area contributed by atoms with Crippen LogP contribution in [0.15, 0.2) is 17.3 Å². The van der Waals surface area contributed by atoms with Gasteiger partial charge < -0.3 is 9.57 Å². The number of hydrogen-bond acceptors (Lipinski definition) is 6. The molecule has 2 atom stereocenters. The third-order valence-corrected chi connectivity index (χ3v) is 3.98. The number of nitro benzene ring substituents is 1. The summed E-state index contributed by atoms with van der Waals surface area (Å²) in [4.78, 5) is 26.9. The topological polar surface area (TPSA) is 91.0 Å². The molecule has 1 aromatic rings. The van der Waals surface area contributed by atoms with Gasteiger partial charge in [0.25, 0.3) is 0 Å². The molecule has 1 heterocycles. The number of hydrogen-bond donors (Lipinski definition) is 0. The van der Waals surface area contributed by atoms with E-state index in [-0.39, 0.29) is 16.3 Å². The third-order valence-electron chi connectivity index (χ3n) is 3.67. The second-order valence-electron chi connectivity index (χ2n) is 4.93. The Bertz CT molecular complexity index is 693. The van der Waals surface area contributed by atoms with Crippen molar-refractivity contribution >= 4 is 29.0 Å². The van der Waals surface area contributed by atoms with Crippen molar-refractivity contribution in [2.75, 3.05) is 7.11 Å². The molecular formula is C13H12ClFN2O5. The lowest BCUT2D eigenvalue weighted by Gasteiger charge is -2.23. The normalized spacial score (nSPS) is 23.7. The number of rotatable bonds is 3. The van der Waals surface area contributed by atoms with E-state index < -0.39 is 33.9 Å². The average molecular weight is 331 g/mol. The van der Waals surface area contributed by atoms with Crippen molar-refractivity contribution in [3.8, 4) is 0 Å². The van der Waals surface area contributed by atoms with Crippen molar-refractivity contribution in [2.24, 2.45) is 11.1 Å². The SMILES string of the molecule is COC(=O)C1(C)ON=C(c2cc([N+](=O)[O-])c(F)cc2Cl)C1C. The summed E-state index contributed by atoms with van der Waals surface area (Å²) in [6.07, 6.45) is 0. The molecule has 0 aromatic heterocycles. The van der Waals surface area contributed by atoms with E-state index in [1.165, 1.54) is 14.0 Å². The summed E-state index contributed by atoms with van der Waals surface area (Å²) in [6, 6.07) is 1.80. The largest absolute Gasteiger partial charge is 0.466 e. The van der Waals surface area contributed by atoms with Crippen molar-refractivity contribution < 1.29 is 23.7 Å². The molecule has 2 unspecified atom stereocenters. The molecule has 0 aliphatic carbocycles. The highest BCUT2D eigenvalue weighted by Gasteiger charge is 2.50. The Morgan fingerprint density at radius 2 is 2.23 bits per heavy atom. The molecule has 2 rings (SSSR count). The molecule has 0 radical (unpaired) electrons. The lowest BCUT2D eigenvalue weighted by Crippen LogP contribution is -2.43. The van der Waals surface area contributed by atoms with Crippen molar-refractivity contribution in [3.05, 3.63) is 38.7 Å². The maximum atomic E-state index is 13.5. The van der Waals surface area contributed by atoms with Gasteiger partial charge in [0.1, 0.15) is 0 Å². The van der Waals surface area contributed by atoms with Gasteiger partial charge in [-0.15, -0.1) is 0 Å². The van der Waals surface area contributed by atoms with Crippen LogP contribution >= 0.6 is 11.6 Å². The van der Waals surface area contributed by atoms with Gasteiger partial charge in [0, 0.05) is 17.7 Å². The van der Waals surface area contributed by atoms with E-state index in [0.29, 0.717) is 0 Å². The summed E-state index contributed by atoms with van der Waals surface area (Å²) in [5.74, 6) is -2.30. The number of esters is 1.